The van der Waals surface area contributed by atoms with E-state index in [1.54, 1.807) is 0 Å². The normalized spacial score (nSPS) is 26.4. The van der Waals surface area contributed by atoms with E-state index >= 15 is 0 Å². The monoisotopic (exact) mass is 409 g/mol. The fourth-order valence-electron chi connectivity index (χ4n) is 2.94. The molecule has 8 heteroatoms. The number of nitrogens with one attached hydrogen (secondary N) is 1. The molecule has 0 saturated carbocycles. The van der Waals surface area contributed by atoms with Gasteiger partial charge in [0.15, 0.2) is 5.82 Å². The van der Waals surface area contributed by atoms with Gasteiger partial charge in [-0.1, -0.05) is 19.0 Å². The molecule has 1 N–H and O–H groups in total. The van der Waals surface area contributed by atoms with E-state index in [1.165, 1.54) is 24.5 Å². The molecule has 0 radical (unpaired) electrons. The molecule has 0 fully saturated rings. The van der Waals surface area contributed by atoms with Gasteiger partial charge in [0.25, 0.3) is 0 Å². The number of nitrogens with zero attached hydrogens (tertiary/aromatic N) is 5. The topological polar surface area (TPSA) is 75.9 Å². The summed E-state index contributed by atoms with van der Waals surface area (Å²) in [6, 6.07) is -1.88. The van der Waals surface area contributed by atoms with Gasteiger partial charge in [-0.05, 0) is 39.1 Å². The first-order valence-electron chi connectivity index (χ1n) is 15.7. The zero-order chi connectivity index (χ0) is 33.4. The maximum Gasteiger partial charge on any atom is 0.247 e. The molecule has 1 amide bonds. The highest BCUT2D eigenvalue weighted by atomic mass is 19.1. The second kappa shape index (κ2) is 7.27. The van der Waals surface area contributed by atoms with Crippen molar-refractivity contribution in [2.45, 2.75) is 45.8 Å². The third kappa shape index (κ3) is 3.24. The van der Waals surface area contributed by atoms with E-state index < -0.39 is 80.7 Å². The number of fused-ring (bicyclic) bond motifs is 1. The lowest BCUT2D eigenvalue weighted by Gasteiger charge is -2.39. The molecule has 2 aromatic heterocycles. The number of carbonyl (C=O) groups excluding carboxylic acids is 1. The van der Waals surface area contributed by atoms with Crippen LogP contribution in [0.1, 0.15) is 53.2 Å². The van der Waals surface area contributed by atoms with Crippen LogP contribution < -0.4 is 10.2 Å². The summed E-state index contributed by atoms with van der Waals surface area (Å²) in [6.45, 7) is -14.8. The molecule has 29 heavy (non-hydrogen) atoms. The molecule has 1 atom stereocenters. The number of carbonyl (C=O) groups is 1. The Kier molecular flexibility index (Phi) is 2.06. The largest absolute Gasteiger partial charge is 0.340 e. The van der Waals surface area contributed by atoms with Gasteiger partial charge in [0.2, 0.25) is 11.9 Å². The van der Waals surface area contributed by atoms with Gasteiger partial charge in [0.1, 0.15) is 23.4 Å². The van der Waals surface area contributed by atoms with Crippen molar-refractivity contribution in [3.05, 3.63) is 48.2 Å². The second-order valence-corrected chi connectivity index (χ2v) is 5.96. The minimum absolute atomic E-state index is 0.0783. The number of anilines is 2. The van der Waals surface area contributed by atoms with Gasteiger partial charge in [-0.3, -0.25) is 9.36 Å². The highest BCUT2D eigenvalue weighted by molar-refractivity contribution is 6.03. The predicted octanol–water partition coefficient (Wildman–Crippen LogP) is 3.72. The summed E-state index contributed by atoms with van der Waals surface area (Å²) in [7, 11) is 0. The van der Waals surface area contributed by atoms with Crippen LogP contribution in [0.25, 0.3) is 17.3 Å². The lowest BCUT2D eigenvalue weighted by Crippen LogP contribution is -2.51. The number of amides is 1. The van der Waals surface area contributed by atoms with Crippen molar-refractivity contribution < 1.29 is 29.7 Å². The molecule has 1 aliphatic heterocycles. The van der Waals surface area contributed by atoms with Crippen LogP contribution >= 0.6 is 0 Å². The van der Waals surface area contributed by atoms with Gasteiger partial charge in [0.05, 0.1) is 7.06 Å². The first-order valence-corrected chi connectivity index (χ1v) is 8.16. The zero-order valence-corrected chi connectivity index (χ0v) is 14.6. The van der Waals surface area contributed by atoms with E-state index in [-0.39, 0.29) is 16.3 Å². The van der Waals surface area contributed by atoms with Gasteiger partial charge in [0, 0.05) is 43.2 Å². The van der Waals surface area contributed by atoms with Gasteiger partial charge in [-0.2, -0.15) is 4.98 Å². The summed E-state index contributed by atoms with van der Waals surface area (Å²) in [5.41, 5.74) is -1.75. The number of hydrogen-bond acceptors (Lipinski definition) is 5. The number of hydrogen-bond donors (Lipinski definition) is 1. The molecule has 3 heterocycles. The number of aryl methyl sites for hydroxylation is 1. The first-order chi connectivity index (χ1) is 19.8. The Bertz CT molecular complexity index is 1580. The molecule has 1 unspecified atom stereocenters. The SMILES string of the molecule is [2H]C([2H])([2H])c1nc(-n2ccnc2-c2cccc(F)c2)nc2c1NC(=O)C(C([2H])([2H])C([2H])([2H])[2H])N2C([2H])(C([2H])([2H])[2H])C([2H])([2H])[2H]. The van der Waals surface area contributed by atoms with Crippen LogP contribution in [0.15, 0.2) is 36.7 Å². The highest BCUT2D eigenvalue weighted by Crippen LogP contribution is 2.35. The van der Waals surface area contributed by atoms with Crippen LogP contribution in [-0.4, -0.2) is 37.5 Å². The average molecular weight is 410 g/mol. The quantitative estimate of drug-likeness (QED) is 0.711. The molecular formula is C21H23FN6O. The summed E-state index contributed by atoms with van der Waals surface area (Å²) in [5.74, 6) is -4.14. The van der Waals surface area contributed by atoms with Crippen LogP contribution in [0.5, 0.6) is 0 Å². The van der Waals surface area contributed by atoms with Crippen molar-refractivity contribution in [1.29, 1.82) is 0 Å². The smallest absolute Gasteiger partial charge is 0.247 e. The van der Waals surface area contributed by atoms with E-state index in [2.05, 4.69) is 15.0 Å². The van der Waals surface area contributed by atoms with Crippen molar-refractivity contribution in [1.82, 2.24) is 19.5 Å². The van der Waals surface area contributed by atoms with E-state index in [0.29, 0.717) is 0 Å². The van der Waals surface area contributed by atoms with Crippen LogP contribution in [-0.2, 0) is 4.79 Å². The molecule has 0 aliphatic carbocycles. The number of benzene rings is 1. The van der Waals surface area contributed by atoms with Crippen molar-refractivity contribution in [2.75, 3.05) is 10.2 Å². The van der Waals surface area contributed by atoms with Crippen LogP contribution in [0.4, 0.5) is 15.9 Å². The Hall–Kier alpha value is -3.29. The van der Waals surface area contributed by atoms with E-state index in [4.69, 9.17) is 20.6 Å². The highest BCUT2D eigenvalue weighted by Gasteiger charge is 2.36. The minimum atomic E-state index is -3.98. The van der Waals surface area contributed by atoms with E-state index in [0.717, 1.165) is 16.7 Å². The summed E-state index contributed by atoms with van der Waals surface area (Å²) >= 11 is 0. The lowest BCUT2D eigenvalue weighted by atomic mass is 10.1. The van der Waals surface area contributed by atoms with Crippen LogP contribution in [0.2, 0.25) is 0 Å². The Morgan fingerprint density at radius 3 is 3.07 bits per heavy atom. The summed E-state index contributed by atoms with van der Waals surface area (Å²) in [5, 5.41) is 2.01. The predicted molar refractivity (Wildman–Crippen MR) is 110 cm³/mol. The number of imidazole rings is 1. The second-order valence-electron chi connectivity index (χ2n) is 5.96. The van der Waals surface area contributed by atoms with Crippen molar-refractivity contribution in [3.8, 4) is 17.3 Å². The van der Waals surface area contributed by atoms with Crippen molar-refractivity contribution >= 4 is 17.4 Å². The maximum absolute atomic E-state index is 14.0. The molecule has 1 aromatic carbocycles. The fraction of sp³-hybridized carbons (Fsp3) is 0.333. The summed E-state index contributed by atoms with van der Waals surface area (Å²) in [4.78, 5) is 25.5. The third-order valence-corrected chi connectivity index (χ3v) is 4.18. The number of aromatic nitrogens is 4. The molecule has 0 bridgehead atoms. The maximum atomic E-state index is 14.0. The molecular weight excluding hydrogens is 371 g/mol. The fourth-order valence-corrected chi connectivity index (χ4v) is 2.94. The van der Waals surface area contributed by atoms with E-state index in [1.807, 2.05) is 5.32 Å². The number of halogens is 1. The molecule has 7 nitrogen and oxygen atoms in total. The molecule has 0 spiro atoms. The zero-order valence-electron chi connectivity index (χ0n) is 29.6. The average Bonchev–Trinajstić information content (AvgIpc) is 3.34. The molecule has 3 aromatic rings. The summed E-state index contributed by atoms with van der Waals surface area (Å²) < 4.78 is 136. The number of rotatable bonds is 4. The van der Waals surface area contributed by atoms with Crippen LogP contribution in [0.3, 0.4) is 0 Å². The van der Waals surface area contributed by atoms with Gasteiger partial charge >= 0.3 is 0 Å². The lowest BCUT2D eigenvalue weighted by molar-refractivity contribution is -0.117. The Morgan fingerprint density at radius 1 is 1.41 bits per heavy atom. The van der Waals surface area contributed by atoms with Gasteiger partial charge in [-0.15, -0.1) is 0 Å². The van der Waals surface area contributed by atoms with Crippen molar-refractivity contribution in [3.63, 3.8) is 0 Å². The van der Waals surface area contributed by atoms with Crippen LogP contribution in [0, 0.1) is 12.7 Å². The third-order valence-electron chi connectivity index (χ3n) is 4.18. The minimum Gasteiger partial charge on any atom is -0.340 e. The molecule has 4 rings (SSSR count). The first kappa shape index (κ1) is 8.22. The molecule has 1 aliphatic rings. The standard InChI is InChI=1S/C21H23FN6O/c1-5-16-20(29)25-17-13(4)24-21(26-19(17)28(16)12(2)3)27-10-9-23-18(27)14-7-6-8-15(22)11-14/h6-12,16H,5H2,1-4H3,(H,25,29)/i1D3,2D3,3D3,4D3,5D2,12D. The Balaban J connectivity index is 2.18. The van der Waals surface area contributed by atoms with Gasteiger partial charge in [-0.25, -0.2) is 14.4 Å². The Labute approximate surface area is 189 Å². The molecule has 150 valence electrons. The van der Waals surface area contributed by atoms with E-state index in [9.17, 15) is 9.18 Å². The Morgan fingerprint density at radius 2 is 2.31 bits per heavy atom. The van der Waals surface area contributed by atoms with Gasteiger partial charge < -0.3 is 10.2 Å². The molecule has 0 saturated heterocycles. The summed E-state index contributed by atoms with van der Waals surface area (Å²) in [6.07, 6.45) is -1.35. The van der Waals surface area contributed by atoms with Crippen molar-refractivity contribution in [2.24, 2.45) is 0 Å².